The lowest BCUT2D eigenvalue weighted by Crippen LogP contribution is -1.99. The zero-order chi connectivity index (χ0) is 11.4. The van der Waals surface area contributed by atoms with E-state index in [4.69, 9.17) is 5.11 Å². The molecule has 0 unspecified atom stereocenters. The van der Waals surface area contributed by atoms with Crippen molar-refractivity contribution >= 4 is 11.3 Å². The van der Waals surface area contributed by atoms with Crippen molar-refractivity contribution in [3.63, 3.8) is 0 Å². The van der Waals surface area contributed by atoms with Gasteiger partial charge in [0.1, 0.15) is 6.61 Å². The van der Waals surface area contributed by atoms with E-state index in [1.165, 1.54) is 4.88 Å². The molecule has 0 saturated carbocycles. The molecular weight excluding hydrogens is 220 g/mol. The highest BCUT2D eigenvalue weighted by molar-refractivity contribution is 7.10. The Morgan fingerprint density at radius 3 is 3.12 bits per heavy atom. The molecule has 1 N–H and O–H groups in total. The number of aliphatic hydroxyl groups excluding tert-OH is 1. The molecule has 0 aliphatic carbocycles. The first kappa shape index (κ1) is 10.9. The fourth-order valence-corrected chi connectivity index (χ4v) is 2.23. The molecule has 0 atom stereocenters. The highest BCUT2D eigenvalue weighted by atomic mass is 32.1. The Labute approximate surface area is 98.4 Å². The van der Waals surface area contributed by atoms with E-state index in [1.807, 2.05) is 35.4 Å². The van der Waals surface area contributed by atoms with E-state index in [2.05, 4.69) is 16.9 Å². The van der Waals surface area contributed by atoms with Gasteiger partial charge in [-0.2, -0.15) is 5.10 Å². The minimum Gasteiger partial charge on any atom is -0.384 e. The third kappa shape index (κ3) is 2.51. The summed E-state index contributed by atoms with van der Waals surface area (Å²) in [5.41, 5.74) is 2.13. The van der Waals surface area contributed by atoms with E-state index >= 15 is 0 Å². The number of aryl methyl sites for hydroxylation is 1. The predicted molar refractivity (Wildman–Crippen MR) is 64.3 cm³/mol. The van der Waals surface area contributed by atoms with Crippen LogP contribution in [0.1, 0.15) is 16.0 Å². The molecule has 2 aromatic heterocycles. The number of aliphatic hydroxyl groups is 1. The van der Waals surface area contributed by atoms with Gasteiger partial charge in [-0.05, 0) is 23.9 Å². The Bertz CT molecular complexity index is 530. The van der Waals surface area contributed by atoms with Gasteiger partial charge >= 0.3 is 0 Å². The van der Waals surface area contributed by atoms with E-state index in [1.54, 1.807) is 11.3 Å². The van der Waals surface area contributed by atoms with Gasteiger partial charge in [-0.1, -0.05) is 11.8 Å². The Hall–Kier alpha value is -1.57. The Balaban J connectivity index is 2.18. The van der Waals surface area contributed by atoms with Crippen LogP contribution in [0.4, 0.5) is 0 Å². The van der Waals surface area contributed by atoms with Crippen molar-refractivity contribution in [1.29, 1.82) is 0 Å². The van der Waals surface area contributed by atoms with Gasteiger partial charge in [0.25, 0.3) is 0 Å². The molecule has 0 radical (unpaired) electrons. The van der Waals surface area contributed by atoms with Crippen molar-refractivity contribution in [2.75, 3.05) is 6.61 Å². The molecule has 0 aliphatic heterocycles. The summed E-state index contributed by atoms with van der Waals surface area (Å²) in [5.74, 6) is 5.60. The average molecular weight is 232 g/mol. The third-order valence-electron chi connectivity index (χ3n) is 2.12. The second-order valence-electron chi connectivity index (χ2n) is 3.43. The molecule has 0 saturated heterocycles. The fourth-order valence-electron chi connectivity index (χ4n) is 1.41. The molecule has 4 heteroatoms. The first-order valence-electron chi connectivity index (χ1n) is 4.95. The second kappa shape index (κ2) is 4.97. The summed E-state index contributed by atoms with van der Waals surface area (Å²) in [6.07, 6.45) is 3.84. The van der Waals surface area contributed by atoms with Crippen LogP contribution in [0.25, 0.3) is 0 Å². The molecular formula is C12H12N2OS. The SMILES string of the molecule is Cc1cnn(Cc2sccc2C#CCO)c1. The van der Waals surface area contributed by atoms with Gasteiger partial charge in [-0.25, -0.2) is 0 Å². The molecule has 0 spiro atoms. The minimum absolute atomic E-state index is 0.101. The average Bonchev–Trinajstić information content (AvgIpc) is 2.86. The zero-order valence-corrected chi connectivity index (χ0v) is 9.79. The molecule has 0 amide bonds. The summed E-state index contributed by atoms with van der Waals surface area (Å²) in [6, 6.07) is 1.97. The number of rotatable bonds is 2. The Kier molecular flexibility index (Phi) is 3.40. The first-order valence-corrected chi connectivity index (χ1v) is 5.82. The van der Waals surface area contributed by atoms with Gasteiger partial charge in [0.05, 0.1) is 12.7 Å². The number of thiophene rings is 1. The fraction of sp³-hybridized carbons (Fsp3) is 0.250. The van der Waals surface area contributed by atoms with Crippen LogP contribution in [0.2, 0.25) is 0 Å². The molecule has 0 fully saturated rings. The third-order valence-corrected chi connectivity index (χ3v) is 3.02. The molecule has 0 aromatic carbocycles. The molecule has 2 rings (SSSR count). The lowest BCUT2D eigenvalue weighted by atomic mass is 10.2. The molecule has 2 aromatic rings. The summed E-state index contributed by atoms with van der Waals surface area (Å²) < 4.78 is 1.89. The normalized spacial score (nSPS) is 9.88. The second-order valence-corrected chi connectivity index (χ2v) is 4.43. The summed E-state index contributed by atoms with van der Waals surface area (Å²) >= 11 is 1.66. The van der Waals surface area contributed by atoms with Gasteiger partial charge in [0, 0.05) is 16.6 Å². The van der Waals surface area contributed by atoms with Crippen molar-refractivity contribution in [1.82, 2.24) is 9.78 Å². The zero-order valence-electron chi connectivity index (χ0n) is 8.97. The Morgan fingerprint density at radius 1 is 1.56 bits per heavy atom. The maximum atomic E-state index is 8.66. The molecule has 16 heavy (non-hydrogen) atoms. The summed E-state index contributed by atoms with van der Waals surface area (Å²) in [7, 11) is 0. The van der Waals surface area contributed by atoms with Gasteiger partial charge < -0.3 is 5.11 Å². The lowest BCUT2D eigenvalue weighted by molar-refractivity contribution is 0.350. The van der Waals surface area contributed by atoms with Crippen LogP contribution >= 0.6 is 11.3 Å². The van der Waals surface area contributed by atoms with Crippen LogP contribution in [-0.2, 0) is 6.54 Å². The van der Waals surface area contributed by atoms with Crippen LogP contribution in [0.5, 0.6) is 0 Å². The van der Waals surface area contributed by atoms with Crippen LogP contribution < -0.4 is 0 Å². The maximum Gasteiger partial charge on any atom is 0.104 e. The van der Waals surface area contributed by atoms with E-state index in [0.29, 0.717) is 0 Å². The first-order chi connectivity index (χ1) is 7.79. The van der Waals surface area contributed by atoms with E-state index in [9.17, 15) is 0 Å². The number of hydrogen-bond acceptors (Lipinski definition) is 3. The molecule has 3 nitrogen and oxygen atoms in total. The monoisotopic (exact) mass is 232 g/mol. The van der Waals surface area contributed by atoms with Crippen molar-refractivity contribution in [2.24, 2.45) is 0 Å². The highest BCUT2D eigenvalue weighted by Crippen LogP contribution is 2.17. The van der Waals surface area contributed by atoms with Crippen LogP contribution in [0, 0.1) is 18.8 Å². The maximum absolute atomic E-state index is 8.66. The van der Waals surface area contributed by atoms with Gasteiger partial charge in [-0.15, -0.1) is 11.3 Å². The Morgan fingerprint density at radius 2 is 2.44 bits per heavy atom. The van der Waals surface area contributed by atoms with E-state index in [-0.39, 0.29) is 6.61 Å². The topological polar surface area (TPSA) is 38.0 Å². The molecule has 0 aliphatic rings. The van der Waals surface area contributed by atoms with Crippen LogP contribution in [0.3, 0.4) is 0 Å². The quantitative estimate of drug-likeness (QED) is 0.799. The smallest absolute Gasteiger partial charge is 0.104 e. The van der Waals surface area contributed by atoms with Gasteiger partial charge in [0.2, 0.25) is 0 Å². The lowest BCUT2D eigenvalue weighted by Gasteiger charge is -1.99. The van der Waals surface area contributed by atoms with Crippen molar-refractivity contribution in [3.05, 3.63) is 39.8 Å². The van der Waals surface area contributed by atoms with Crippen LogP contribution in [0.15, 0.2) is 23.8 Å². The van der Waals surface area contributed by atoms with Crippen molar-refractivity contribution in [3.8, 4) is 11.8 Å². The minimum atomic E-state index is -0.101. The number of aromatic nitrogens is 2. The summed E-state index contributed by atoms with van der Waals surface area (Å²) in [5, 5.41) is 14.9. The van der Waals surface area contributed by atoms with E-state index in [0.717, 1.165) is 17.7 Å². The summed E-state index contributed by atoms with van der Waals surface area (Å²) in [4.78, 5) is 1.17. The van der Waals surface area contributed by atoms with Crippen molar-refractivity contribution < 1.29 is 5.11 Å². The largest absolute Gasteiger partial charge is 0.384 e. The number of hydrogen-bond donors (Lipinski definition) is 1. The van der Waals surface area contributed by atoms with E-state index < -0.39 is 0 Å². The molecule has 0 bridgehead atoms. The van der Waals surface area contributed by atoms with Crippen molar-refractivity contribution in [2.45, 2.75) is 13.5 Å². The molecule has 2 heterocycles. The predicted octanol–water partition coefficient (Wildman–Crippen LogP) is 1.65. The number of nitrogens with zero attached hydrogens (tertiary/aromatic N) is 2. The van der Waals surface area contributed by atoms with Gasteiger partial charge in [0.15, 0.2) is 0 Å². The standard InChI is InChI=1S/C12H12N2OS/c1-10-7-13-14(8-10)9-12-11(3-2-5-15)4-6-16-12/h4,6-8,15H,5,9H2,1H3. The highest BCUT2D eigenvalue weighted by Gasteiger charge is 2.03. The summed E-state index contributed by atoms with van der Waals surface area (Å²) in [6.45, 7) is 2.65. The van der Waals surface area contributed by atoms with Gasteiger partial charge in [-0.3, -0.25) is 4.68 Å². The van der Waals surface area contributed by atoms with Crippen LogP contribution in [-0.4, -0.2) is 21.5 Å². The molecule has 82 valence electrons.